The Balaban J connectivity index is 3.11. The number of hydrogen-bond acceptors (Lipinski definition) is 1. The summed E-state index contributed by atoms with van der Waals surface area (Å²) in [5, 5.41) is 3.24. The molecule has 1 atom stereocenters. The first kappa shape index (κ1) is 19.7. The molecule has 0 saturated carbocycles. The van der Waals surface area contributed by atoms with Crippen LogP contribution in [-0.4, -0.2) is 36.1 Å². The molecule has 1 N–H and O–H groups in total. The standard InChI is InChI=1S/C20H34N2O/c1-7-12-18(22(9-3,10-4)15-8-2)20(23)21-19-16(5)13-11-14-17(19)6/h11,13-14,18H,7-10,12,15H2,1-6H3/p+1. The molecule has 1 rings (SSSR count). The third kappa shape index (κ3) is 4.57. The van der Waals surface area contributed by atoms with E-state index in [1.54, 1.807) is 0 Å². The van der Waals surface area contributed by atoms with Crippen LogP contribution in [0.2, 0.25) is 0 Å². The normalized spacial score (nSPS) is 13.0. The van der Waals surface area contributed by atoms with Crippen LogP contribution >= 0.6 is 0 Å². The number of anilines is 1. The van der Waals surface area contributed by atoms with Gasteiger partial charge in [-0.2, -0.15) is 0 Å². The van der Waals surface area contributed by atoms with Gasteiger partial charge in [-0.1, -0.05) is 32.0 Å². The van der Waals surface area contributed by atoms with Gasteiger partial charge in [0, 0.05) is 12.1 Å². The number of nitrogens with one attached hydrogen (secondary N) is 1. The lowest BCUT2D eigenvalue weighted by Crippen LogP contribution is -2.60. The van der Waals surface area contributed by atoms with Crippen molar-refractivity contribution in [1.29, 1.82) is 0 Å². The Morgan fingerprint density at radius 2 is 1.61 bits per heavy atom. The van der Waals surface area contributed by atoms with E-state index in [4.69, 9.17) is 0 Å². The van der Waals surface area contributed by atoms with Crippen molar-refractivity contribution in [3.05, 3.63) is 29.3 Å². The number of nitrogens with zero attached hydrogens (tertiary/aromatic N) is 1. The summed E-state index contributed by atoms with van der Waals surface area (Å²) in [4.78, 5) is 13.1. The summed E-state index contributed by atoms with van der Waals surface area (Å²) in [7, 11) is 0. The predicted molar refractivity (Wildman–Crippen MR) is 99.7 cm³/mol. The highest BCUT2D eigenvalue weighted by atomic mass is 16.2. The van der Waals surface area contributed by atoms with Gasteiger partial charge in [0.1, 0.15) is 0 Å². The highest BCUT2D eigenvalue weighted by Gasteiger charge is 2.38. The smallest absolute Gasteiger partial charge is 0.282 e. The molecule has 0 aliphatic carbocycles. The zero-order valence-electron chi connectivity index (χ0n) is 15.9. The second-order valence-electron chi connectivity index (χ2n) is 6.64. The van der Waals surface area contributed by atoms with E-state index >= 15 is 0 Å². The Morgan fingerprint density at radius 1 is 1.04 bits per heavy atom. The Labute approximate surface area is 142 Å². The van der Waals surface area contributed by atoms with Crippen molar-refractivity contribution in [2.45, 2.75) is 66.8 Å². The number of rotatable bonds is 9. The van der Waals surface area contributed by atoms with Crippen LogP contribution < -0.4 is 5.32 Å². The molecule has 0 aromatic heterocycles. The monoisotopic (exact) mass is 319 g/mol. The first-order valence-electron chi connectivity index (χ1n) is 9.18. The number of para-hydroxylation sites is 1. The highest BCUT2D eigenvalue weighted by molar-refractivity contribution is 5.95. The molecule has 3 nitrogen and oxygen atoms in total. The van der Waals surface area contributed by atoms with Gasteiger partial charge in [-0.25, -0.2) is 0 Å². The molecule has 0 heterocycles. The van der Waals surface area contributed by atoms with Crippen molar-refractivity contribution in [3.8, 4) is 0 Å². The topological polar surface area (TPSA) is 29.1 Å². The summed E-state index contributed by atoms with van der Waals surface area (Å²) in [5.74, 6) is 0.182. The number of benzene rings is 1. The summed E-state index contributed by atoms with van der Waals surface area (Å²) in [5.41, 5.74) is 3.26. The van der Waals surface area contributed by atoms with Crippen molar-refractivity contribution < 1.29 is 9.28 Å². The maximum absolute atomic E-state index is 13.1. The van der Waals surface area contributed by atoms with Gasteiger partial charge in [-0.3, -0.25) is 4.79 Å². The molecular formula is C20H35N2O+. The first-order valence-corrected chi connectivity index (χ1v) is 9.18. The molecule has 0 bridgehead atoms. The number of likely N-dealkylation sites (N-methyl/N-ethyl adjacent to an activating group) is 1. The Hall–Kier alpha value is -1.35. The molecule has 0 saturated heterocycles. The Kier molecular flexibility index (Phi) is 7.77. The average molecular weight is 320 g/mol. The fraction of sp³-hybridized carbons (Fsp3) is 0.650. The third-order valence-electron chi connectivity index (χ3n) is 5.18. The molecule has 1 aromatic rings. The number of aryl methyl sites for hydroxylation is 2. The van der Waals surface area contributed by atoms with E-state index < -0.39 is 0 Å². The second-order valence-corrected chi connectivity index (χ2v) is 6.64. The van der Waals surface area contributed by atoms with E-state index in [9.17, 15) is 4.79 Å². The van der Waals surface area contributed by atoms with E-state index in [0.29, 0.717) is 0 Å². The highest BCUT2D eigenvalue weighted by Crippen LogP contribution is 2.24. The fourth-order valence-electron chi connectivity index (χ4n) is 3.73. The van der Waals surface area contributed by atoms with Crippen molar-refractivity contribution in [2.75, 3.05) is 25.0 Å². The number of carbonyl (C=O) groups is 1. The van der Waals surface area contributed by atoms with Gasteiger partial charge < -0.3 is 9.80 Å². The van der Waals surface area contributed by atoms with Gasteiger partial charge in [0.25, 0.3) is 5.91 Å². The van der Waals surface area contributed by atoms with Crippen molar-refractivity contribution in [2.24, 2.45) is 0 Å². The van der Waals surface area contributed by atoms with E-state index in [0.717, 1.165) is 60.2 Å². The van der Waals surface area contributed by atoms with Crippen LogP contribution in [-0.2, 0) is 4.79 Å². The lowest BCUT2D eigenvalue weighted by Gasteiger charge is -2.43. The molecule has 0 radical (unpaired) electrons. The number of amides is 1. The van der Waals surface area contributed by atoms with Crippen molar-refractivity contribution in [1.82, 2.24) is 0 Å². The maximum Gasteiger partial charge on any atom is 0.282 e. The van der Waals surface area contributed by atoms with Gasteiger partial charge in [0.2, 0.25) is 0 Å². The quantitative estimate of drug-likeness (QED) is 0.658. The summed E-state index contributed by atoms with van der Waals surface area (Å²) in [6.45, 7) is 16.0. The molecular weight excluding hydrogens is 284 g/mol. The molecule has 0 aliphatic heterocycles. The molecule has 0 fully saturated rings. The van der Waals surface area contributed by atoms with E-state index in [1.165, 1.54) is 0 Å². The maximum atomic E-state index is 13.1. The molecule has 1 aromatic carbocycles. The minimum absolute atomic E-state index is 0.0361. The van der Waals surface area contributed by atoms with Gasteiger partial charge >= 0.3 is 0 Å². The van der Waals surface area contributed by atoms with Crippen LogP contribution in [0.5, 0.6) is 0 Å². The summed E-state index contributed by atoms with van der Waals surface area (Å²) < 4.78 is 0.890. The minimum atomic E-state index is 0.0361. The SMILES string of the molecule is CCCC(C(=O)Nc1c(C)cccc1C)[N+](CC)(CC)CCC. The van der Waals surface area contributed by atoms with E-state index in [1.807, 2.05) is 6.07 Å². The van der Waals surface area contributed by atoms with Crippen LogP contribution in [0.3, 0.4) is 0 Å². The molecule has 1 unspecified atom stereocenters. The lowest BCUT2D eigenvalue weighted by atomic mass is 10.0. The average Bonchev–Trinajstić information content (AvgIpc) is 2.54. The van der Waals surface area contributed by atoms with Crippen molar-refractivity contribution >= 4 is 11.6 Å². The lowest BCUT2D eigenvalue weighted by molar-refractivity contribution is -0.939. The van der Waals surface area contributed by atoms with E-state index in [-0.39, 0.29) is 11.9 Å². The molecule has 23 heavy (non-hydrogen) atoms. The zero-order chi connectivity index (χ0) is 17.5. The largest absolute Gasteiger partial charge is 0.320 e. The van der Waals surface area contributed by atoms with E-state index in [2.05, 4.69) is 59.0 Å². The summed E-state index contributed by atoms with van der Waals surface area (Å²) in [6.07, 6.45) is 3.09. The molecule has 0 spiro atoms. The van der Waals surface area contributed by atoms with Crippen LogP contribution in [0, 0.1) is 13.8 Å². The zero-order valence-corrected chi connectivity index (χ0v) is 15.9. The number of hydrogen-bond donors (Lipinski definition) is 1. The summed E-state index contributed by atoms with van der Waals surface area (Å²) in [6, 6.07) is 6.20. The van der Waals surface area contributed by atoms with Gasteiger partial charge in [-0.15, -0.1) is 0 Å². The fourth-order valence-corrected chi connectivity index (χ4v) is 3.73. The molecule has 0 aliphatic rings. The van der Waals surface area contributed by atoms with Gasteiger partial charge in [0.05, 0.1) is 19.6 Å². The van der Waals surface area contributed by atoms with Gasteiger partial charge in [-0.05, 0) is 51.7 Å². The number of carbonyl (C=O) groups excluding carboxylic acids is 1. The van der Waals surface area contributed by atoms with Crippen molar-refractivity contribution in [3.63, 3.8) is 0 Å². The van der Waals surface area contributed by atoms with Crippen LogP contribution in [0.4, 0.5) is 5.69 Å². The van der Waals surface area contributed by atoms with Crippen LogP contribution in [0.25, 0.3) is 0 Å². The molecule has 3 heteroatoms. The third-order valence-corrected chi connectivity index (χ3v) is 5.18. The minimum Gasteiger partial charge on any atom is -0.320 e. The molecule has 1 amide bonds. The predicted octanol–water partition coefficient (Wildman–Crippen LogP) is 4.68. The first-order chi connectivity index (χ1) is 11.0. The number of quaternary nitrogens is 1. The Morgan fingerprint density at radius 3 is 2.04 bits per heavy atom. The van der Waals surface area contributed by atoms with Gasteiger partial charge in [0.15, 0.2) is 6.04 Å². The van der Waals surface area contributed by atoms with Crippen LogP contribution in [0.1, 0.15) is 58.1 Å². The Bertz CT molecular complexity index is 486. The second kappa shape index (κ2) is 9.07. The van der Waals surface area contributed by atoms with Crippen LogP contribution in [0.15, 0.2) is 18.2 Å². The summed E-state index contributed by atoms with van der Waals surface area (Å²) >= 11 is 0. The molecule has 130 valence electrons.